The number of nitrogens with two attached hydrogens (primary N) is 1. The lowest BCUT2D eigenvalue weighted by molar-refractivity contribution is 0.233. The topological polar surface area (TPSA) is 29.3 Å². The molecule has 2 rings (SSSR count). The number of rotatable bonds is 3. The summed E-state index contributed by atoms with van der Waals surface area (Å²) in [5.41, 5.74) is 6.08. The molecule has 2 aliphatic heterocycles. The summed E-state index contributed by atoms with van der Waals surface area (Å²) >= 11 is 2.15. The van der Waals surface area contributed by atoms with Gasteiger partial charge in [0.05, 0.1) is 0 Å². The highest BCUT2D eigenvalue weighted by Gasteiger charge is 2.38. The zero-order valence-electron chi connectivity index (χ0n) is 8.57. The van der Waals surface area contributed by atoms with Gasteiger partial charge in [-0.05, 0) is 12.3 Å². The van der Waals surface area contributed by atoms with Gasteiger partial charge in [0.1, 0.15) is 0 Å². The molecule has 0 spiro atoms. The Hall–Kier alpha value is 0.270. The maximum atomic E-state index is 6.08. The minimum Gasteiger partial charge on any atom is -0.326 e. The SMILES string of the molecule is CC(C)[C@@H](N)CN1CC2CC1CS2. The highest BCUT2D eigenvalue weighted by molar-refractivity contribution is 8.00. The van der Waals surface area contributed by atoms with Crippen molar-refractivity contribution < 1.29 is 0 Å². The third-order valence-corrected chi connectivity index (χ3v) is 4.71. The second kappa shape index (κ2) is 3.79. The number of hydrogen-bond acceptors (Lipinski definition) is 3. The summed E-state index contributed by atoms with van der Waals surface area (Å²) in [6.45, 7) is 6.83. The maximum absolute atomic E-state index is 6.08. The maximum Gasteiger partial charge on any atom is 0.0198 e. The van der Waals surface area contributed by atoms with Crippen LogP contribution in [-0.2, 0) is 0 Å². The summed E-state index contributed by atoms with van der Waals surface area (Å²) in [4.78, 5) is 2.60. The van der Waals surface area contributed by atoms with E-state index >= 15 is 0 Å². The number of hydrogen-bond donors (Lipinski definition) is 1. The molecule has 2 fully saturated rings. The van der Waals surface area contributed by atoms with Crippen molar-refractivity contribution >= 4 is 11.8 Å². The summed E-state index contributed by atoms with van der Waals surface area (Å²) in [7, 11) is 0. The van der Waals surface area contributed by atoms with Crippen LogP contribution in [0.15, 0.2) is 0 Å². The van der Waals surface area contributed by atoms with Crippen LogP contribution in [0.25, 0.3) is 0 Å². The van der Waals surface area contributed by atoms with Gasteiger partial charge in [0.15, 0.2) is 0 Å². The van der Waals surface area contributed by atoms with Crippen LogP contribution in [0, 0.1) is 5.92 Å². The smallest absolute Gasteiger partial charge is 0.0198 e. The Morgan fingerprint density at radius 1 is 1.54 bits per heavy atom. The Bertz CT molecular complexity index is 184. The van der Waals surface area contributed by atoms with Gasteiger partial charge in [-0.25, -0.2) is 0 Å². The van der Waals surface area contributed by atoms with Gasteiger partial charge < -0.3 is 5.73 Å². The first-order valence-electron chi connectivity index (χ1n) is 5.28. The molecule has 3 atom stereocenters. The highest BCUT2D eigenvalue weighted by Crippen LogP contribution is 2.37. The van der Waals surface area contributed by atoms with Gasteiger partial charge in [-0.15, -0.1) is 0 Å². The van der Waals surface area contributed by atoms with E-state index in [1.54, 1.807) is 0 Å². The molecule has 2 unspecified atom stereocenters. The van der Waals surface area contributed by atoms with E-state index in [1.165, 1.54) is 18.7 Å². The lowest BCUT2D eigenvalue weighted by atomic mass is 10.0. The lowest BCUT2D eigenvalue weighted by Crippen LogP contribution is -2.44. The molecule has 0 aromatic carbocycles. The number of nitrogens with zero attached hydrogens (tertiary/aromatic N) is 1. The molecule has 2 nitrogen and oxygen atoms in total. The van der Waals surface area contributed by atoms with Gasteiger partial charge in [-0.3, -0.25) is 4.90 Å². The fourth-order valence-electron chi connectivity index (χ4n) is 2.18. The standard InChI is InChI=1S/C10H20N2S/c1-7(2)10(11)5-12-4-9-3-8(12)6-13-9/h7-10H,3-6,11H2,1-2H3/t8?,9?,10-/m0/s1. The Morgan fingerprint density at radius 2 is 2.31 bits per heavy atom. The normalized spacial score (nSPS) is 36.0. The fraction of sp³-hybridized carbons (Fsp3) is 1.00. The van der Waals surface area contributed by atoms with E-state index in [0.29, 0.717) is 12.0 Å². The van der Waals surface area contributed by atoms with Crippen molar-refractivity contribution in [1.82, 2.24) is 4.90 Å². The quantitative estimate of drug-likeness (QED) is 0.741. The van der Waals surface area contributed by atoms with E-state index in [1.807, 2.05) is 0 Å². The van der Waals surface area contributed by atoms with Gasteiger partial charge in [-0.2, -0.15) is 11.8 Å². The average molecular weight is 200 g/mol. The van der Waals surface area contributed by atoms with Crippen molar-refractivity contribution in [2.75, 3.05) is 18.8 Å². The summed E-state index contributed by atoms with van der Waals surface area (Å²) in [6.07, 6.45) is 1.41. The molecular weight excluding hydrogens is 180 g/mol. The van der Waals surface area contributed by atoms with Crippen LogP contribution in [0.4, 0.5) is 0 Å². The largest absolute Gasteiger partial charge is 0.326 e. The molecule has 76 valence electrons. The number of thioether (sulfide) groups is 1. The predicted molar refractivity (Wildman–Crippen MR) is 59.0 cm³/mol. The number of fused-ring (bicyclic) bond motifs is 2. The van der Waals surface area contributed by atoms with E-state index in [4.69, 9.17) is 5.73 Å². The first-order chi connectivity index (χ1) is 6.16. The molecule has 0 amide bonds. The average Bonchev–Trinajstić information content (AvgIpc) is 2.64. The molecule has 2 bridgehead atoms. The molecule has 0 aromatic rings. The van der Waals surface area contributed by atoms with Gasteiger partial charge >= 0.3 is 0 Å². The predicted octanol–water partition coefficient (Wildman–Crippen LogP) is 1.16. The van der Waals surface area contributed by atoms with E-state index < -0.39 is 0 Å². The molecule has 0 radical (unpaired) electrons. The molecule has 3 heteroatoms. The minimum absolute atomic E-state index is 0.365. The molecule has 13 heavy (non-hydrogen) atoms. The van der Waals surface area contributed by atoms with Gasteiger partial charge in [0.25, 0.3) is 0 Å². The zero-order chi connectivity index (χ0) is 9.42. The molecule has 2 saturated heterocycles. The highest BCUT2D eigenvalue weighted by atomic mass is 32.2. The van der Waals surface area contributed by atoms with E-state index in [9.17, 15) is 0 Å². The monoisotopic (exact) mass is 200 g/mol. The van der Waals surface area contributed by atoms with Gasteiger partial charge in [-0.1, -0.05) is 13.8 Å². The van der Waals surface area contributed by atoms with Crippen LogP contribution in [0.3, 0.4) is 0 Å². The Morgan fingerprint density at radius 3 is 2.77 bits per heavy atom. The van der Waals surface area contributed by atoms with Crippen molar-refractivity contribution in [3.05, 3.63) is 0 Å². The van der Waals surface area contributed by atoms with Crippen LogP contribution in [0.1, 0.15) is 20.3 Å². The van der Waals surface area contributed by atoms with Crippen molar-refractivity contribution in [2.45, 2.75) is 37.6 Å². The number of likely N-dealkylation sites (tertiary alicyclic amines) is 1. The molecule has 2 aliphatic rings. The van der Waals surface area contributed by atoms with Gasteiger partial charge in [0, 0.05) is 36.2 Å². The second-order valence-corrected chi connectivity index (χ2v) is 6.04. The summed E-state index contributed by atoms with van der Waals surface area (Å²) < 4.78 is 0. The summed E-state index contributed by atoms with van der Waals surface area (Å²) in [5.74, 6) is 1.96. The van der Waals surface area contributed by atoms with Crippen molar-refractivity contribution in [3.63, 3.8) is 0 Å². The summed E-state index contributed by atoms with van der Waals surface area (Å²) in [6, 6.07) is 1.21. The minimum atomic E-state index is 0.365. The zero-order valence-corrected chi connectivity index (χ0v) is 9.39. The van der Waals surface area contributed by atoms with Crippen molar-refractivity contribution in [3.8, 4) is 0 Å². The Kier molecular flexibility index (Phi) is 2.86. The fourth-order valence-corrected chi connectivity index (χ4v) is 3.68. The molecular formula is C10H20N2S. The van der Waals surface area contributed by atoms with Gasteiger partial charge in [0.2, 0.25) is 0 Å². The Labute approximate surface area is 85.2 Å². The molecule has 2 N–H and O–H groups in total. The molecule has 2 heterocycles. The van der Waals surface area contributed by atoms with Crippen LogP contribution in [0.2, 0.25) is 0 Å². The van der Waals surface area contributed by atoms with Crippen LogP contribution in [0.5, 0.6) is 0 Å². The second-order valence-electron chi connectivity index (χ2n) is 4.71. The molecule has 0 aromatic heterocycles. The molecule has 0 saturated carbocycles. The van der Waals surface area contributed by atoms with E-state index in [2.05, 4.69) is 30.5 Å². The van der Waals surface area contributed by atoms with Crippen molar-refractivity contribution in [2.24, 2.45) is 11.7 Å². The van der Waals surface area contributed by atoms with Crippen LogP contribution in [-0.4, -0.2) is 41.1 Å². The third-order valence-electron chi connectivity index (χ3n) is 3.32. The molecule has 0 aliphatic carbocycles. The third kappa shape index (κ3) is 2.03. The first-order valence-corrected chi connectivity index (χ1v) is 6.33. The van der Waals surface area contributed by atoms with Crippen molar-refractivity contribution in [1.29, 1.82) is 0 Å². The van der Waals surface area contributed by atoms with Crippen LogP contribution < -0.4 is 5.73 Å². The first kappa shape index (κ1) is 9.81. The Balaban J connectivity index is 1.83. The van der Waals surface area contributed by atoms with E-state index in [-0.39, 0.29) is 0 Å². The van der Waals surface area contributed by atoms with Crippen LogP contribution >= 0.6 is 11.8 Å². The summed E-state index contributed by atoms with van der Waals surface area (Å²) in [5, 5.41) is 0.921. The van der Waals surface area contributed by atoms with E-state index in [0.717, 1.165) is 17.8 Å². The lowest BCUT2D eigenvalue weighted by Gasteiger charge is -2.30.